The van der Waals surface area contributed by atoms with Crippen molar-refractivity contribution in [3.63, 3.8) is 0 Å². The van der Waals surface area contributed by atoms with Crippen molar-refractivity contribution >= 4 is 17.3 Å². The van der Waals surface area contributed by atoms with Gasteiger partial charge in [0.15, 0.2) is 5.96 Å². The van der Waals surface area contributed by atoms with Crippen molar-refractivity contribution in [3.8, 4) is 0 Å². The molecule has 0 unspecified atom stereocenters. The molecule has 1 heterocycles. The summed E-state index contributed by atoms with van der Waals surface area (Å²) < 4.78 is 10.4. The molecule has 0 aliphatic heterocycles. The van der Waals surface area contributed by atoms with Gasteiger partial charge in [-0.25, -0.2) is 4.98 Å². The van der Waals surface area contributed by atoms with Gasteiger partial charge in [-0.3, -0.25) is 4.99 Å². The smallest absolute Gasteiger partial charge is 0.194 e. The fourth-order valence-electron chi connectivity index (χ4n) is 2.01. The summed E-state index contributed by atoms with van der Waals surface area (Å²) in [6, 6.07) is 0. The van der Waals surface area contributed by atoms with Gasteiger partial charge in [0.2, 0.25) is 0 Å². The first-order chi connectivity index (χ1) is 11.2. The van der Waals surface area contributed by atoms with Crippen LogP contribution >= 0.6 is 11.3 Å². The van der Waals surface area contributed by atoms with Crippen molar-refractivity contribution in [2.45, 2.75) is 33.2 Å². The molecule has 0 aliphatic carbocycles. The van der Waals surface area contributed by atoms with Crippen LogP contribution in [0.4, 0.5) is 0 Å². The number of nitrogens with zero attached hydrogens (tertiary/aromatic N) is 3. The van der Waals surface area contributed by atoms with Crippen LogP contribution in [0.2, 0.25) is 0 Å². The molecule has 23 heavy (non-hydrogen) atoms. The minimum atomic E-state index is 0.656. The SMILES string of the molecule is CCNC(=NCCCCOCCOC)N(C)Cc1csc(C)n1. The first kappa shape index (κ1) is 19.9. The van der Waals surface area contributed by atoms with Gasteiger partial charge < -0.3 is 19.7 Å². The number of thiazole rings is 1. The van der Waals surface area contributed by atoms with Gasteiger partial charge in [-0.15, -0.1) is 11.3 Å². The number of rotatable bonds is 11. The van der Waals surface area contributed by atoms with Crippen LogP contribution in [-0.4, -0.2) is 62.9 Å². The van der Waals surface area contributed by atoms with E-state index in [-0.39, 0.29) is 0 Å². The van der Waals surface area contributed by atoms with E-state index in [1.165, 1.54) is 0 Å². The second-order valence-electron chi connectivity index (χ2n) is 5.26. The molecule has 0 atom stereocenters. The highest BCUT2D eigenvalue weighted by Crippen LogP contribution is 2.09. The average molecular weight is 343 g/mol. The first-order valence-corrected chi connectivity index (χ1v) is 9.02. The molecule has 0 bridgehead atoms. The molecule has 0 radical (unpaired) electrons. The Morgan fingerprint density at radius 2 is 2.17 bits per heavy atom. The van der Waals surface area contributed by atoms with Crippen molar-refractivity contribution in [1.29, 1.82) is 0 Å². The number of hydrogen-bond acceptors (Lipinski definition) is 5. The maximum atomic E-state index is 5.45. The highest BCUT2D eigenvalue weighted by molar-refractivity contribution is 7.09. The summed E-state index contributed by atoms with van der Waals surface area (Å²) in [7, 11) is 3.73. The van der Waals surface area contributed by atoms with Gasteiger partial charge in [-0.05, 0) is 26.7 Å². The van der Waals surface area contributed by atoms with E-state index >= 15 is 0 Å². The van der Waals surface area contributed by atoms with Crippen LogP contribution in [0.5, 0.6) is 0 Å². The normalized spacial score (nSPS) is 11.7. The summed E-state index contributed by atoms with van der Waals surface area (Å²) in [5.74, 6) is 0.929. The summed E-state index contributed by atoms with van der Waals surface area (Å²) in [6.45, 7) is 8.64. The van der Waals surface area contributed by atoms with Crippen LogP contribution in [0.3, 0.4) is 0 Å². The van der Waals surface area contributed by atoms with Gasteiger partial charge in [-0.2, -0.15) is 0 Å². The molecule has 0 aliphatic rings. The summed E-state index contributed by atoms with van der Waals surface area (Å²) >= 11 is 1.68. The molecule has 7 heteroatoms. The molecule has 1 aromatic heterocycles. The van der Waals surface area contributed by atoms with E-state index in [1.807, 2.05) is 14.0 Å². The Labute approximate surface area is 143 Å². The van der Waals surface area contributed by atoms with Crippen LogP contribution in [0, 0.1) is 6.92 Å². The Bertz CT molecular complexity index is 451. The monoisotopic (exact) mass is 342 g/mol. The van der Waals surface area contributed by atoms with Gasteiger partial charge in [0.25, 0.3) is 0 Å². The quantitative estimate of drug-likeness (QED) is 0.380. The van der Waals surface area contributed by atoms with Gasteiger partial charge in [-0.1, -0.05) is 0 Å². The van der Waals surface area contributed by atoms with Gasteiger partial charge in [0.05, 0.1) is 30.5 Å². The molecule has 0 aromatic carbocycles. The summed E-state index contributed by atoms with van der Waals surface area (Å²) in [5, 5.41) is 6.54. The Balaban J connectivity index is 2.31. The molecule has 0 spiro atoms. The molecule has 0 fully saturated rings. The van der Waals surface area contributed by atoms with E-state index in [0.717, 1.165) is 55.7 Å². The standard InChI is InChI=1S/C16H30N4O2S/c1-5-17-16(18-8-6-7-9-22-11-10-21-4)20(3)12-15-13-23-14(2)19-15/h13H,5-12H2,1-4H3,(H,17,18). The number of aryl methyl sites for hydroxylation is 1. The third-order valence-electron chi connectivity index (χ3n) is 3.15. The molecule has 6 nitrogen and oxygen atoms in total. The lowest BCUT2D eigenvalue weighted by Crippen LogP contribution is -2.38. The molecule has 0 saturated heterocycles. The van der Waals surface area contributed by atoms with Crippen LogP contribution in [-0.2, 0) is 16.0 Å². The van der Waals surface area contributed by atoms with Crippen LogP contribution in [0.25, 0.3) is 0 Å². The minimum Gasteiger partial charge on any atom is -0.382 e. The highest BCUT2D eigenvalue weighted by Gasteiger charge is 2.08. The lowest BCUT2D eigenvalue weighted by molar-refractivity contribution is 0.0690. The summed E-state index contributed by atoms with van der Waals surface area (Å²) in [4.78, 5) is 11.3. The average Bonchev–Trinajstić information content (AvgIpc) is 2.93. The van der Waals surface area contributed by atoms with E-state index in [0.29, 0.717) is 13.2 Å². The second-order valence-corrected chi connectivity index (χ2v) is 6.32. The van der Waals surface area contributed by atoms with Crippen LogP contribution in [0.1, 0.15) is 30.5 Å². The van der Waals surface area contributed by atoms with E-state index in [1.54, 1.807) is 18.4 Å². The number of methoxy groups -OCH3 is 1. The molecule has 1 aromatic rings. The Morgan fingerprint density at radius 1 is 1.35 bits per heavy atom. The van der Waals surface area contributed by atoms with Crippen molar-refractivity contribution in [3.05, 3.63) is 16.1 Å². The molecule has 0 saturated carbocycles. The first-order valence-electron chi connectivity index (χ1n) is 8.14. The number of nitrogens with one attached hydrogen (secondary N) is 1. The largest absolute Gasteiger partial charge is 0.382 e. The zero-order chi connectivity index (χ0) is 16.9. The van der Waals surface area contributed by atoms with E-state index in [9.17, 15) is 0 Å². The predicted octanol–water partition coefficient (Wildman–Crippen LogP) is 2.29. The van der Waals surface area contributed by atoms with Crippen LogP contribution in [0.15, 0.2) is 10.4 Å². The lowest BCUT2D eigenvalue weighted by atomic mass is 10.3. The predicted molar refractivity (Wildman–Crippen MR) is 96.2 cm³/mol. The number of unbranched alkanes of at least 4 members (excludes halogenated alkanes) is 1. The van der Waals surface area contributed by atoms with Crippen LogP contribution < -0.4 is 5.32 Å². The summed E-state index contributed by atoms with van der Waals surface area (Å²) in [6.07, 6.45) is 2.03. The zero-order valence-electron chi connectivity index (χ0n) is 14.8. The second kappa shape index (κ2) is 12.3. The summed E-state index contributed by atoms with van der Waals surface area (Å²) in [5.41, 5.74) is 1.09. The molecule has 1 rings (SSSR count). The van der Waals surface area contributed by atoms with Crippen molar-refractivity contribution in [2.75, 3.05) is 47.1 Å². The van der Waals surface area contributed by atoms with Crippen molar-refractivity contribution < 1.29 is 9.47 Å². The highest BCUT2D eigenvalue weighted by atomic mass is 32.1. The molecule has 0 amide bonds. The van der Waals surface area contributed by atoms with Gasteiger partial charge in [0, 0.05) is 39.2 Å². The number of guanidine groups is 1. The third-order valence-corrected chi connectivity index (χ3v) is 3.97. The van der Waals surface area contributed by atoms with E-state index in [4.69, 9.17) is 9.47 Å². The molecular weight excluding hydrogens is 312 g/mol. The maximum absolute atomic E-state index is 5.45. The van der Waals surface area contributed by atoms with Gasteiger partial charge >= 0.3 is 0 Å². The van der Waals surface area contributed by atoms with Gasteiger partial charge in [0.1, 0.15) is 0 Å². The Morgan fingerprint density at radius 3 is 2.83 bits per heavy atom. The lowest BCUT2D eigenvalue weighted by Gasteiger charge is -2.21. The van der Waals surface area contributed by atoms with Crippen molar-refractivity contribution in [2.24, 2.45) is 4.99 Å². The Hall–Kier alpha value is -1.18. The van der Waals surface area contributed by atoms with E-state index in [2.05, 4.69) is 32.5 Å². The number of ether oxygens (including phenoxy) is 2. The van der Waals surface area contributed by atoms with Crippen molar-refractivity contribution in [1.82, 2.24) is 15.2 Å². The molecular formula is C16H30N4O2S. The minimum absolute atomic E-state index is 0.656. The zero-order valence-corrected chi connectivity index (χ0v) is 15.6. The fraction of sp³-hybridized carbons (Fsp3) is 0.750. The van der Waals surface area contributed by atoms with E-state index < -0.39 is 0 Å². The fourth-order valence-corrected chi connectivity index (χ4v) is 2.62. The Kier molecular flexibility index (Phi) is 10.6. The number of aromatic nitrogens is 1. The molecule has 132 valence electrons. The maximum Gasteiger partial charge on any atom is 0.194 e. The number of hydrogen-bond donors (Lipinski definition) is 1. The molecule has 1 N–H and O–H groups in total. The number of aliphatic imine (C=N–C) groups is 1. The topological polar surface area (TPSA) is 59.0 Å². The third kappa shape index (κ3) is 8.88.